The summed E-state index contributed by atoms with van der Waals surface area (Å²) in [6.45, 7) is 0.945. The summed E-state index contributed by atoms with van der Waals surface area (Å²) in [5.41, 5.74) is 4.90. The number of hydrogen-bond acceptors (Lipinski definition) is 3. The van der Waals surface area contributed by atoms with Crippen molar-refractivity contribution in [2.75, 3.05) is 6.54 Å². The van der Waals surface area contributed by atoms with Crippen LogP contribution in [0.4, 0.5) is 0 Å². The molecule has 0 spiro atoms. The lowest BCUT2D eigenvalue weighted by Crippen LogP contribution is -2.42. The molecule has 0 aliphatic carbocycles. The number of aromatic amines is 1. The zero-order chi connectivity index (χ0) is 24.2. The number of benzene rings is 4. The molecule has 6 heteroatoms. The van der Waals surface area contributed by atoms with E-state index in [1.54, 1.807) is 0 Å². The highest BCUT2D eigenvalue weighted by Gasteiger charge is 2.47. The van der Waals surface area contributed by atoms with Crippen LogP contribution in [0.15, 0.2) is 89.4 Å². The fourth-order valence-electron chi connectivity index (χ4n) is 5.89. The van der Waals surface area contributed by atoms with Gasteiger partial charge in [0.25, 0.3) is 5.91 Å². The predicted molar refractivity (Wildman–Crippen MR) is 147 cm³/mol. The van der Waals surface area contributed by atoms with Crippen LogP contribution in [0, 0.1) is 0 Å². The molecular formula is C30H25BrN4O. The zero-order valence-corrected chi connectivity index (χ0v) is 21.3. The number of hydrazine groups is 1. The lowest BCUT2D eigenvalue weighted by Gasteiger charge is -2.28. The van der Waals surface area contributed by atoms with Crippen molar-refractivity contribution in [3.63, 3.8) is 0 Å². The van der Waals surface area contributed by atoms with Gasteiger partial charge in [-0.05, 0) is 65.9 Å². The zero-order valence-electron chi connectivity index (χ0n) is 19.7. The number of halogens is 1. The summed E-state index contributed by atoms with van der Waals surface area (Å²) in [6.07, 6.45) is 3.06. The molecule has 7 rings (SSSR count). The van der Waals surface area contributed by atoms with Crippen molar-refractivity contribution in [2.24, 2.45) is 0 Å². The molecule has 2 aliphatic rings. The van der Waals surface area contributed by atoms with E-state index in [-0.39, 0.29) is 11.9 Å². The normalized spacial score (nSPS) is 21.0. The second kappa shape index (κ2) is 8.57. The maximum Gasteiger partial charge on any atom is 0.268 e. The third kappa shape index (κ3) is 3.64. The molecule has 3 unspecified atom stereocenters. The molecule has 1 aromatic heterocycles. The average molecular weight is 537 g/mol. The SMILES string of the molecule is O=C(c1ccc(-c2nc3cc4ccccc4cc3[nH]2)c(Br)c1)N1C2CCN1C(Cc1ccccc1)C2. The molecule has 2 aliphatic heterocycles. The van der Waals surface area contributed by atoms with E-state index in [0.29, 0.717) is 11.6 Å². The van der Waals surface area contributed by atoms with Gasteiger partial charge in [-0.25, -0.2) is 9.99 Å². The average Bonchev–Trinajstić information content (AvgIpc) is 3.59. The Labute approximate surface area is 217 Å². The minimum atomic E-state index is 0.0798. The molecule has 2 bridgehead atoms. The fourth-order valence-corrected chi connectivity index (χ4v) is 6.45. The molecule has 5 aromatic rings. The lowest BCUT2D eigenvalue weighted by molar-refractivity contribution is 0.0197. The van der Waals surface area contributed by atoms with E-state index in [2.05, 4.69) is 80.5 Å². The molecule has 4 aromatic carbocycles. The van der Waals surface area contributed by atoms with Crippen molar-refractivity contribution in [2.45, 2.75) is 31.3 Å². The Morgan fingerprint density at radius 2 is 1.75 bits per heavy atom. The molecule has 1 amide bonds. The van der Waals surface area contributed by atoms with Gasteiger partial charge in [0.05, 0.1) is 17.1 Å². The lowest BCUT2D eigenvalue weighted by atomic mass is 9.97. The van der Waals surface area contributed by atoms with Gasteiger partial charge < -0.3 is 4.98 Å². The van der Waals surface area contributed by atoms with E-state index in [0.717, 1.165) is 52.7 Å². The predicted octanol–water partition coefficient (Wildman–Crippen LogP) is 6.59. The van der Waals surface area contributed by atoms with Gasteiger partial charge in [0.1, 0.15) is 5.82 Å². The van der Waals surface area contributed by atoms with Crippen LogP contribution in [0.2, 0.25) is 0 Å². The number of piperidine rings is 1. The van der Waals surface area contributed by atoms with Crippen LogP contribution in [0.3, 0.4) is 0 Å². The number of imidazole rings is 1. The summed E-state index contributed by atoms with van der Waals surface area (Å²) in [5.74, 6) is 0.871. The second-order valence-electron chi connectivity index (χ2n) is 9.83. The summed E-state index contributed by atoms with van der Waals surface area (Å²) >= 11 is 3.72. The highest BCUT2D eigenvalue weighted by molar-refractivity contribution is 9.10. The van der Waals surface area contributed by atoms with Crippen LogP contribution in [0.1, 0.15) is 28.8 Å². The molecule has 178 valence electrons. The molecule has 0 saturated carbocycles. The van der Waals surface area contributed by atoms with E-state index in [9.17, 15) is 4.79 Å². The van der Waals surface area contributed by atoms with Gasteiger partial charge in [0.2, 0.25) is 0 Å². The van der Waals surface area contributed by atoms with E-state index < -0.39 is 0 Å². The van der Waals surface area contributed by atoms with Gasteiger partial charge in [-0.1, -0.05) is 70.5 Å². The Morgan fingerprint density at radius 3 is 2.56 bits per heavy atom. The Balaban J connectivity index is 1.15. The van der Waals surface area contributed by atoms with Crippen LogP contribution >= 0.6 is 15.9 Å². The number of rotatable bonds is 4. The number of nitrogens with one attached hydrogen (secondary N) is 1. The number of aromatic nitrogens is 2. The monoisotopic (exact) mass is 536 g/mol. The number of fused-ring (bicyclic) bond motifs is 4. The summed E-state index contributed by atoms with van der Waals surface area (Å²) in [5, 5.41) is 6.66. The van der Waals surface area contributed by atoms with Crippen molar-refractivity contribution in [1.82, 2.24) is 20.0 Å². The number of hydrogen-bond donors (Lipinski definition) is 1. The molecule has 3 atom stereocenters. The summed E-state index contributed by atoms with van der Waals surface area (Å²) in [4.78, 5) is 21.9. The third-order valence-electron chi connectivity index (χ3n) is 7.62. The highest BCUT2D eigenvalue weighted by Crippen LogP contribution is 2.37. The van der Waals surface area contributed by atoms with Gasteiger partial charge >= 0.3 is 0 Å². The van der Waals surface area contributed by atoms with Gasteiger partial charge in [-0.15, -0.1) is 0 Å². The quantitative estimate of drug-likeness (QED) is 0.281. The van der Waals surface area contributed by atoms with Crippen molar-refractivity contribution >= 4 is 43.6 Å². The Hall–Kier alpha value is -3.48. The minimum Gasteiger partial charge on any atom is -0.338 e. The molecule has 1 N–H and O–H groups in total. The standard InChI is InChI=1S/C30H25BrN4O/c31-26-15-22(30(36)35-23-12-13-34(35)24(18-23)14-19-6-2-1-3-7-19)10-11-25(26)29-32-27-16-20-8-4-5-9-21(20)17-28(27)33-29/h1-11,15-17,23-24H,12-14,18H2,(H,32,33). The fraction of sp³-hybridized carbons (Fsp3) is 0.200. The smallest absolute Gasteiger partial charge is 0.268 e. The van der Waals surface area contributed by atoms with Gasteiger partial charge in [0.15, 0.2) is 0 Å². The topological polar surface area (TPSA) is 52.2 Å². The van der Waals surface area contributed by atoms with Crippen LogP contribution in [0.5, 0.6) is 0 Å². The van der Waals surface area contributed by atoms with E-state index >= 15 is 0 Å². The second-order valence-corrected chi connectivity index (χ2v) is 10.7. The van der Waals surface area contributed by atoms with Crippen molar-refractivity contribution in [3.05, 3.63) is 101 Å². The number of nitrogens with zero attached hydrogens (tertiary/aromatic N) is 3. The molecule has 3 heterocycles. The first-order chi connectivity index (χ1) is 17.6. The number of carbonyl (C=O) groups excluding carboxylic acids is 1. The number of carbonyl (C=O) groups is 1. The van der Waals surface area contributed by atoms with Crippen molar-refractivity contribution in [3.8, 4) is 11.4 Å². The third-order valence-corrected chi connectivity index (χ3v) is 8.28. The molecule has 2 saturated heterocycles. The van der Waals surface area contributed by atoms with Crippen LogP contribution in [-0.4, -0.2) is 44.5 Å². The number of H-pyrrole nitrogens is 1. The Kier molecular flexibility index (Phi) is 5.19. The maximum absolute atomic E-state index is 13.6. The highest BCUT2D eigenvalue weighted by atomic mass is 79.9. The summed E-state index contributed by atoms with van der Waals surface area (Å²) in [7, 11) is 0. The van der Waals surface area contributed by atoms with Gasteiger partial charge in [-0.3, -0.25) is 9.80 Å². The van der Waals surface area contributed by atoms with Crippen LogP contribution < -0.4 is 0 Å². The summed E-state index contributed by atoms with van der Waals surface area (Å²) in [6, 6.07) is 29.6. The van der Waals surface area contributed by atoms with E-state index in [1.165, 1.54) is 16.3 Å². The van der Waals surface area contributed by atoms with Gasteiger partial charge in [0, 0.05) is 28.2 Å². The Bertz CT molecular complexity index is 1560. The minimum absolute atomic E-state index is 0.0798. The molecule has 2 fully saturated rings. The van der Waals surface area contributed by atoms with Crippen LogP contribution in [-0.2, 0) is 6.42 Å². The Morgan fingerprint density at radius 1 is 0.972 bits per heavy atom. The molecule has 5 nitrogen and oxygen atoms in total. The first-order valence-electron chi connectivity index (χ1n) is 12.5. The molecular weight excluding hydrogens is 512 g/mol. The summed E-state index contributed by atoms with van der Waals surface area (Å²) < 4.78 is 0.861. The maximum atomic E-state index is 13.6. The molecule has 0 radical (unpaired) electrons. The van der Waals surface area contributed by atoms with Gasteiger partial charge in [-0.2, -0.15) is 0 Å². The van der Waals surface area contributed by atoms with Crippen LogP contribution in [0.25, 0.3) is 33.2 Å². The largest absolute Gasteiger partial charge is 0.338 e. The van der Waals surface area contributed by atoms with Crippen molar-refractivity contribution in [1.29, 1.82) is 0 Å². The first-order valence-corrected chi connectivity index (χ1v) is 13.3. The molecule has 36 heavy (non-hydrogen) atoms. The van der Waals surface area contributed by atoms with E-state index in [1.807, 2.05) is 35.3 Å². The first kappa shape index (κ1) is 21.8. The van der Waals surface area contributed by atoms with E-state index in [4.69, 9.17) is 4.98 Å². The number of amides is 1. The van der Waals surface area contributed by atoms with Crippen molar-refractivity contribution < 1.29 is 4.79 Å².